The lowest BCUT2D eigenvalue weighted by molar-refractivity contribution is -0.137. The minimum absolute atomic E-state index is 0.428. The molecule has 2 aliphatic heterocycles. The summed E-state index contributed by atoms with van der Waals surface area (Å²) in [5, 5.41) is 9.10. The molecule has 2 fully saturated rings. The zero-order valence-electron chi connectivity index (χ0n) is 9.56. The van der Waals surface area contributed by atoms with Gasteiger partial charge in [-0.25, -0.2) is 0 Å². The molecule has 0 aromatic heterocycles. The van der Waals surface area contributed by atoms with Crippen LogP contribution in [0.5, 0.6) is 0 Å². The maximum absolute atomic E-state index is 9.10. The fourth-order valence-corrected chi connectivity index (χ4v) is 2.54. The number of nitrogens with zero attached hydrogens (tertiary/aromatic N) is 2. The van der Waals surface area contributed by atoms with Crippen LogP contribution >= 0.6 is 0 Å². The van der Waals surface area contributed by atoms with E-state index < -0.39 is 5.79 Å². The van der Waals surface area contributed by atoms with E-state index in [1.54, 1.807) is 0 Å². The predicted molar refractivity (Wildman–Crippen MR) is 62.6 cm³/mol. The van der Waals surface area contributed by atoms with E-state index in [0.29, 0.717) is 25.3 Å². The molecule has 0 N–H and O–H groups in total. The molecule has 17 heavy (non-hydrogen) atoms. The SMILES string of the molecule is N#Cc1ccccc1N1CCC2(C1)OCCO2. The highest BCUT2D eigenvalue weighted by Gasteiger charge is 2.43. The topological polar surface area (TPSA) is 45.5 Å². The Hall–Kier alpha value is -1.57. The van der Waals surface area contributed by atoms with Crippen molar-refractivity contribution in [1.29, 1.82) is 5.26 Å². The average molecular weight is 230 g/mol. The van der Waals surface area contributed by atoms with Gasteiger partial charge in [-0.3, -0.25) is 0 Å². The summed E-state index contributed by atoms with van der Waals surface area (Å²) in [5.74, 6) is -0.428. The highest BCUT2D eigenvalue weighted by atomic mass is 16.7. The molecule has 0 bridgehead atoms. The monoisotopic (exact) mass is 230 g/mol. The van der Waals surface area contributed by atoms with Gasteiger partial charge in [0.2, 0.25) is 0 Å². The molecule has 2 heterocycles. The summed E-state index contributed by atoms with van der Waals surface area (Å²) in [5.41, 5.74) is 1.69. The second kappa shape index (κ2) is 4.02. The van der Waals surface area contributed by atoms with Gasteiger partial charge >= 0.3 is 0 Å². The molecular weight excluding hydrogens is 216 g/mol. The Morgan fingerprint density at radius 2 is 2.00 bits per heavy atom. The number of hydrogen-bond donors (Lipinski definition) is 0. The van der Waals surface area contributed by atoms with Gasteiger partial charge in [0, 0.05) is 13.0 Å². The van der Waals surface area contributed by atoms with Crippen LogP contribution < -0.4 is 4.90 Å². The summed E-state index contributed by atoms with van der Waals surface area (Å²) < 4.78 is 11.4. The largest absolute Gasteiger partial charge is 0.365 e. The molecule has 0 radical (unpaired) electrons. The maximum Gasteiger partial charge on any atom is 0.187 e. The lowest BCUT2D eigenvalue weighted by atomic mass is 10.2. The lowest BCUT2D eigenvalue weighted by Crippen LogP contribution is -2.34. The van der Waals surface area contributed by atoms with E-state index in [4.69, 9.17) is 14.7 Å². The van der Waals surface area contributed by atoms with Crippen molar-refractivity contribution in [2.45, 2.75) is 12.2 Å². The van der Waals surface area contributed by atoms with Gasteiger partial charge in [0.25, 0.3) is 0 Å². The number of ether oxygens (including phenoxy) is 2. The third-order valence-electron chi connectivity index (χ3n) is 3.37. The maximum atomic E-state index is 9.10. The van der Waals surface area contributed by atoms with Gasteiger partial charge in [0.05, 0.1) is 31.0 Å². The molecule has 4 heteroatoms. The molecule has 0 aliphatic carbocycles. The average Bonchev–Trinajstić information content (AvgIpc) is 3.00. The third-order valence-corrected chi connectivity index (χ3v) is 3.37. The first kappa shape index (κ1) is 10.6. The minimum atomic E-state index is -0.428. The number of hydrogen-bond acceptors (Lipinski definition) is 4. The van der Waals surface area contributed by atoms with E-state index in [-0.39, 0.29) is 0 Å². The van der Waals surface area contributed by atoms with Gasteiger partial charge in [0.1, 0.15) is 6.07 Å². The van der Waals surface area contributed by atoms with Crippen molar-refractivity contribution in [3.05, 3.63) is 29.8 Å². The quantitative estimate of drug-likeness (QED) is 0.733. The summed E-state index contributed by atoms with van der Waals surface area (Å²) in [6, 6.07) is 9.89. The van der Waals surface area contributed by atoms with Gasteiger partial charge in [-0.05, 0) is 12.1 Å². The molecule has 3 rings (SSSR count). The second-order valence-corrected chi connectivity index (χ2v) is 4.41. The Bertz CT molecular complexity index is 461. The molecule has 0 amide bonds. The molecule has 4 nitrogen and oxygen atoms in total. The van der Waals surface area contributed by atoms with Gasteiger partial charge in [0.15, 0.2) is 5.79 Å². The third kappa shape index (κ3) is 1.78. The fourth-order valence-electron chi connectivity index (χ4n) is 2.54. The zero-order valence-corrected chi connectivity index (χ0v) is 9.56. The van der Waals surface area contributed by atoms with E-state index in [1.165, 1.54) is 0 Å². The Labute approximate surface area is 100 Å². The van der Waals surface area contributed by atoms with Gasteiger partial charge < -0.3 is 14.4 Å². The Balaban J connectivity index is 1.85. The summed E-state index contributed by atoms with van der Waals surface area (Å²) in [4.78, 5) is 2.17. The first-order valence-electron chi connectivity index (χ1n) is 5.85. The molecule has 1 spiro atoms. The van der Waals surface area contributed by atoms with Gasteiger partial charge in [-0.2, -0.15) is 5.26 Å². The van der Waals surface area contributed by atoms with Crippen LogP contribution in [0, 0.1) is 11.3 Å². The summed E-state index contributed by atoms with van der Waals surface area (Å²) in [6.45, 7) is 2.94. The molecule has 0 unspecified atom stereocenters. The first-order valence-corrected chi connectivity index (χ1v) is 5.85. The molecule has 88 valence electrons. The molecule has 0 atom stereocenters. The highest BCUT2D eigenvalue weighted by molar-refractivity contribution is 5.60. The van der Waals surface area contributed by atoms with Crippen LogP contribution in [0.3, 0.4) is 0 Å². The van der Waals surface area contributed by atoms with Gasteiger partial charge in [-0.15, -0.1) is 0 Å². The number of rotatable bonds is 1. The van der Waals surface area contributed by atoms with Gasteiger partial charge in [-0.1, -0.05) is 12.1 Å². The molecule has 2 saturated heterocycles. The smallest absolute Gasteiger partial charge is 0.187 e. The van der Waals surface area contributed by atoms with Crippen molar-refractivity contribution in [2.75, 3.05) is 31.2 Å². The summed E-state index contributed by atoms with van der Waals surface area (Å²) >= 11 is 0. The van der Waals surface area contributed by atoms with Crippen molar-refractivity contribution in [2.24, 2.45) is 0 Å². The molecule has 1 aromatic carbocycles. The van der Waals surface area contributed by atoms with Crippen molar-refractivity contribution < 1.29 is 9.47 Å². The molecule has 1 aromatic rings. The van der Waals surface area contributed by atoms with Crippen LogP contribution in [0.1, 0.15) is 12.0 Å². The molecule has 2 aliphatic rings. The summed E-state index contributed by atoms with van der Waals surface area (Å²) in [6.07, 6.45) is 0.868. The minimum Gasteiger partial charge on any atom is -0.365 e. The summed E-state index contributed by atoms with van der Waals surface area (Å²) in [7, 11) is 0. The van der Waals surface area contributed by atoms with E-state index in [0.717, 1.165) is 18.7 Å². The zero-order chi connectivity index (χ0) is 11.7. The number of para-hydroxylation sites is 1. The van der Waals surface area contributed by atoms with Crippen molar-refractivity contribution in [3.63, 3.8) is 0 Å². The first-order chi connectivity index (χ1) is 8.33. The van der Waals surface area contributed by atoms with Crippen LogP contribution in [0.2, 0.25) is 0 Å². The number of nitriles is 1. The van der Waals surface area contributed by atoms with Crippen molar-refractivity contribution in [3.8, 4) is 6.07 Å². The highest BCUT2D eigenvalue weighted by Crippen LogP contribution is 2.34. The predicted octanol–water partition coefficient (Wildman–Crippen LogP) is 1.51. The Kier molecular flexibility index (Phi) is 2.50. The lowest BCUT2D eigenvalue weighted by Gasteiger charge is -2.24. The van der Waals surface area contributed by atoms with Crippen LogP contribution in [-0.4, -0.2) is 32.1 Å². The second-order valence-electron chi connectivity index (χ2n) is 4.41. The Morgan fingerprint density at radius 1 is 1.24 bits per heavy atom. The van der Waals surface area contributed by atoms with Crippen LogP contribution in [0.4, 0.5) is 5.69 Å². The van der Waals surface area contributed by atoms with E-state index in [9.17, 15) is 0 Å². The molecule has 0 saturated carbocycles. The standard InChI is InChI=1S/C13H14N2O2/c14-9-11-3-1-2-4-12(11)15-6-5-13(10-15)16-7-8-17-13/h1-4H,5-8,10H2. The normalized spacial score (nSPS) is 21.9. The van der Waals surface area contributed by atoms with Crippen LogP contribution in [0.25, 0.3) is 0 Å². The van der Waals surface area contributed by atoms with Crippen molar-refractivity contribution in [1.82, 2.24) is 0 Å². The number of anilines is 1. The van der Waals surface area contributed by atoms with E-state index in [2.05, 4.69) is 11.0 Å². The number of benzene rings is 1. The van der Waals surface area contributed by atoms with Crippen molar-refractivity contribution >= 4 is 5.69 Å². The fraction of sp³-hybridized carbons (Fsp3) is 0.462. The van der Waals surface area contributed by atoms with Crippen LogP contribution in [0.15, 0.2) is 24.3 Å². The van der Waals surface area contributed by atoms with Crippen LogP contribution in [-0.2, 0) is 9.47 Å². The molecular formula is C13H14N2O2. The Morgan fingerprint density at radius 3 is 2.76 bits per heavy atom. The van der Waals surface area contributed by atoms with E-state index in [1.807, 2.05) is 24.3 Å². The van der Waals surface area contributed by atoms with E-state index >= 15 is 0 Å².